The van der Waals surface area contributed by atoms with Crippen molar-refractivity contribution in [2.45, 2.75) is 19.4 Å². The highest BCUT2D eigenvalue weighted by Crippen LogP contribution is 2.28. The van der Waals surface area contributed by atoms with Crippen molar-refractivity contribution in [1.29, 1.82) is 0 Å². The van der Waals surface area contributed by atoms with Crippen LogP contribution in [0.15, 0.2) is 47.1 Å². The third-order valence-electron chi connectivity index (χ3n) is 4.14. The molecule has 0 unspecified atom stereocenters. The van der Waals surface area contributed by atoms with Crippen LogP contribution in [0, 0.1) is 0 Å². The van der Waals surface area contributed by atoms with E-state index >= 15 is 0 Å². The number of hydrogen-bond donors (Lipinski definition) is 2. The van der Waals surface area contributed by atoms with Gasteiger partial charge in [-0.2, -0.15) is 0 Å². The predicted molar refractivity (Wildman–Crippen MR) is 91.4 cm³/mol. The maximum atomic E-state index is 12.6. The Labute approximate surface area is 149 Å². The van der Waals surface area contributed by atoms with Crippen LogP contribution < -0.4 is 10.6 Å². The maximum Gasteiger partial charge on any atom is 0.325 e. The Bertz CT molecular complexity index is 890. The number of benzene rings is 1. The molecule has 0 radical (unpaired) electrons. The van der Waals surface area contributed by atoms with Crippen molar-refractivity contribution in [3.8, 4) is 0 Å². The van der Waals surface area contributed by atoms with E-state index in [-0.39, 0.29) is 11.5 Å². The molecule has 1 aromatic heterocycles. The minimum Gasteiger partial charge on any atom is -0.466 e. The lowest BCUT2D eigenvalue weighted by atomic mass is 9.99. The Balaban J connectivity index is 1.72. The molecule has 1 aliphatic rings. The van der Waals surface area contributed by atoms with Gasteiger partial charge in [0.25, 0.3) is 5.91 Å². The van der Waals surface area contributed by atoms with E-state index in [1.165, 1.54) is 26.2 Å². The summed E-state index contributed by atoms with van der Waals surface area (Å²) in [6.45, 7) is 2.48. The highest BCUT2D eigenvalue weighted by molar-refractivity contribution is 6.10. The lowest BCUT2D eigenvalue weighted by Gasteiger charge is -2.18. The summed E-state index contributed by atoms with van der Waals surface area (Å²) in [5.41, 5.74) is -0.498. The van der Waals surface area contributed by atoms with Crippen LogP contribution in [-0.4, -0.2) is 35.1 Å². The quantitative estimate of drug-likeness (QED) is 0.629. The molecule has 8 heteroatoms. The highest BCUT2D eigenvalue weighted by Gasteiger charge is 2.51. The van der Waals surface area contributed by atoms with Crippen LogP contribution in [0.5, 0.6) is 0 Å². The first kappa shape index (κ1) is 17.4. The molecule has 26 heavy (non-hydrogen) atoms. The molecular formula is C18H17N3O5. The van der Waals surface area contributed by atoms with E-state index in [1.807, 2.05) is 0 Å². The highest BCUT2D eigenvalue weighted by atomic mass is 16.3. The second-order valence-electron chi connectivity index (χ2n) is 6.11. The molecule has 1 aliphatic heterocycles. The standard InChI is InChI=1S/C18H17N3O5/c1-11(22)12-5-3-6-13(9-12)19-15(23)10-21-16(24)18(2,20-17(21)25)14-7-4-8-26-14/h3-9H,10H2,1-2H3,(H,19,23)(H,20,25)/t18-/m0/s1. The van der Waals surface area contributed by atoms with Gasteiger partial charge in [-0.1, -0.05) is 12.1 Å². The number of hydrogen-bond acceptors (Lipinski definition) is 5. The third-order valence-corrected chi connectivity index (χ3v) is 4.14. The van der Waals surface area contributed by atoms with E-state index in [1.54, 1.807) is 30.3 Å². The fraction of sp³-hybridized carbons (Fsp3) is 0.222. The molecule has 2 N–H and O–H groups in total. The Morgan fingerprint density at radius 1 is 1.23 bits per heavy atom. The Kier molecular flexibility index (Phi) is 4.33. The summed E-state index contributed by atoms with van der Waals surface area (Å²) < 4.78 is 5.23. The number of furan rings is 1. The first-order valence-electron chi connectivity index (χ1n) is 7.90. The second kappa shape index (κ2) is 6.47. The van der Waals surface area contributed by atoms with Crippen LogP contribution in [0.1, 0.15) is 30.0 Å². The number of anilines is 1. The smallest absolute Gasteiger partial charge is 0.325 e. The molecule has 2 aromatic rings. The summed E-state index contributed by atoms with van der Waals surface area (Å²) in [6, 6.07) is 8.91. The summed E-state index contributed by atoms with van der Waals surface area (Å²) in [5.74, 6) is -0.986. The molecule has 0 bridgehead atoms. The normalized spacial score (nSPS) is 19.4. The summed E-state index contributed by atoms with van der Waals surface area (Å²) in [6.07, 6.45) is 1.40. The number of rotatable bonds is 5. The van der Waals surface area contributed by atoms with Crippen molar-refractivity contribution in [3.05, 3.63) is 54.0 Å². The van der Waals surface area contributed by atoms with Gasteiger partial charge in [-0.25, -0.2) is 4.79 Å². The predicted octanol–water partition coefficient (Wildman–Crippen LogP) is 1.89. The van der Waals surface area contributed by atoms with Crippen LogP contribution in [0.3, 0.4) is 0 Å². The van der Waals surface area contributed by atoms with Crippen LogP contribution in [0.2, 0.25) is 0 Å². The number of Topliss-reactive ketones (excluding diaryl/α,β-unsaturated/α-hetero) is 1. The first-order valence-corrected chi connectivity index (χ1v) is 7.90. The van der Waals surface area contributed by atoms with E-state index < -0.39 is 29.9 Å². The van der Waals surface area contributed by atoms with Crippen LogP contribution in [-0.2, 0) is 15.1 Å². The van der Waals surface area contributed by atoms with E-state index in [0.29, 0.717) is 11.3 Å². The molecule has 1 saturated heterocycles. The monoisotopic (exact) mass is 355 g/mol. The fourth-order valence-corrected chi connectivity index (χ4v) is 2.73. The summed E-state index contributed by atoms with van der Waals surface area (Å²) in [5, 5.41) is 5.12. The maximum absolute atomic E-state index is 12.6. The third kappa shape index (κ3) is 3.08. The van der Waals surface area contributed by atoms with Crippen molar-refractivity contribution in [1.82, 2.24) is 10.2 Å². The number of ketones is 1. The van der Waals surface area contributed by atoms with Crippen molar-refractivity contribution >= 4 is 29.3 Å². The van der Waals surface area contributed by atoms with Crippen molar-refractivity contribution < 1.29 is 23.6 Å². The largest absolute Gasteiger partial charge is 0.466 e. The summed E-state index contributed by atoms with van der Waals surface area (Å²) in [4.78, 5) is 49.3. The number of amides is 4. The molecule has 134 valence electrons. The molecule has 0 aliphatic carbocycles. The van der Waals surface area contributed by atoms with E-state index in [0.717, 1.165) is 4.90 Å². The van der Waals surface area contributed by atoms with Gasteiger partial charge in [-0.3, -0.25) is 19.3 Å². The number of carbonyl (C=O) groups is 4. The average molecular weight is 355 g/mol. The molecule has 0 saturated carbocycles. The van der Waals surface area contributed by atoms with Crippen molar-refractivity contribution in [2.75, 3.05) is 11.9 Å². The first-order chi connectivity index (χ1) is 12.3. The van der Waals surface area contributed by atoms with E-state index in [9.17, 15) is 19.2 Å². The number of urea groups is 1. The lowest BCUT2D eigenvalue weighted by molar-refractivity contribution is -0.134. The second-order valence-corrected chi connectivity index (χ2v) is 6.11. The Morgan fingerprint density at radius 3 is 2.65 bits per heavy atom. The molecule has 1 atom stereocenters. The van der Waals surface area contributed by atoms with Gasteiger partial charge in [0.2, 0.25) is 5.91 Å². The van der Waals surface area contributed by atoms with Gasteiger partial charge in [0.15, 0.2) is 11.3 Å². The van der Waals surface area contributed by atoms with Gasteiger partial charge >= 0.3 is 6.03 Å². The SMILES string of the molecule is CC(=O)c1cccc(NC(=O)CN2C(=O)N[C@@](C)(c3ccco3)C2=O)c1. The van der Waals surface area contributed by atoms with Crippen molar-refractivity contribution in [3.63, 3.8) is 0 Å². The number of imide groups is 1. The van der Waals surface area contributed by atoms with Gasteiger partial charge < -0.3 is 15.1 Å². The van der Waals surface area contributed by atoms with Gasteiger partial charge in [0, 0.05) is 11.3 Å². The molecule has 1 fully saturated rings. The van der Waals surface area contributed by atoms with Gasteiger partial charge in [0.1, 0.15) is 12.3 Å². The molecule has 4 amide bonds. The zero-order valence-electron chi connectivity index (χ0n) is 14.2. The molecule has 1 aromatic carbocycles. The van der Waals surface area contributed by atoms with Crippen LogP contribution >= 0.6 is 0 Å². The zero-order chi connectivity index (χ0) is 18.9. The number of nitrogens with one attached hydrogen (secondary N) is 2. The van der Waals surface area contributed by atoms with E-state index in [4.69, 9.17) is 4.42 Å². The minimum absolute atomic E-state index is 0.135. The van der Waals surface area contributed by atoms with Crippen LogP contribution in [0.4, 0.5) is 10.5 Å². The van der Waals surface area contributed by atoms with Gasteiger partial charge in [0.05, 0.1) is 6.26 Å². The van der Waals surface area contributed by atoms with Crippen LogP contribution in [0.25, 0.3) is 0 Å². The molecule has 0 spiro atoms. The summed E-state index contributed by atoms with van der Waals surface area (Å²) in [7, 11) is 0. The topological polar surface area (TPSA) is 109 Å². The van der Waals surface area contributed by atoms with Crippen molar-refractivity contribution in [2.24, 2.45) is 0 Å². The molecular weight excluding hydrogens is 338 g/mol. The minimum atomic E-state index is -1.35. The molecule has 3 rings (SSSR count). The Morgan fingerprint density at radius 2 is 2.00 bits per heavy atom. The summed E-state index contributed by atoms with van der Waals surface area (Å²) >= 11 is 0. The average Bonchev–Trinajstić information content (AvgIpc) is 3.20. The molecule has 8 nitrogen and oxygen atoms in total. The fourth-order valence-electron chi connectivity index (χ4n) is 2.73. The van der Waals surface area contributed by atoms with Gasteiger partial charge in [-0.05, 0) is 38.1 Å². The lowest BCUT2D eigenvalue weighted by Crippen LogP contribution is -2.41. The van der Waals surface area contributed by atoms with E-state index in [2.05, 4.69) is 10.6 Å². The zero-order valence-corrected chi connectivity index (χ0v) is 14.2. The van der Waals surface area contributed by atoms with Gasteiger partial charge in [-0.15, -0.1) is 0 Å². The molecule has 2 heterocycles. The Hall–Kier alpha value is -3.42. The number of carbonyl (C=O) groups excluding carboxylic acids is 4. The number of nitrogens with zero attached hydrogens (tertiary/aromatic N) is 1.